The molecule has 3 N–H and O–H groups in total. The van der Waals surface area contributed by atoms with Crippen LogP contribution in [0.1, 0.15) is 71.4 Å². The maximum absolute atomic E-state index is 14.2. The van der Waals surface area contributed by atoms with Crippen LogP contribution in [-0.4, -0.2) is 45.2 Å². The third-order valence-corrected chi connectivity index (χ3v) is 9.39. The number of morpholine rings is 1. The first-order valence-corrected chi connectivity index (χ1v) is 17.5. The number of aliphatic hydroxyl groups excluding tert-OH is 1. The number of benzene rings is 5. The lowest BCUT2D eigenvalue weighted by molar-refractivity contribution is -0.173. The highest BCUT2D eigenvalue weighted by Gasteiger charge is 2.48. The molecule has 6 rings (SSSR count). The van der Waals surface area contributed by atoms with Gasteiger partial charge in [0.25, 0.3) is 0 Å². The number of amides is 1. The Morgan fingerprint density at radius 3 is 1.83 bits per heavy atom. The number of nitrogens with one attached hydrogen (secondary N) is 1. The van der Waals surface area contributed by atoms with E-state index in [1.807, 2.05) is 140 Å². The molecule has 5 aromatic carbocycles. The number of carboxylic acids is 1. The van der Waals surface area contributed by atoms with Crippen LogP contribution >= 0.6 is 0 Å². The van der Waals surface area contributed by atoms with Gasteiger partial charge in [-0.2, -0.15) is 0 Å². The number of hydrogen-bond donors (Lipinski definition) is 3. The molecule has 1 fully saturated rings. The molecule has 1 aliphatic heterocycles. The number of nitrogens with zero attached hydrogens (tertiary/aromatic N) is 1. The molecule has 0 aliphatic carbocycles. The van der Waals surface area contributed by atoms with Crippen molar-refractivity contribution < 1.29 is 34.1 Å². The van der Waals surface area contributed by atoms with Crippen LogP contribution in [0.5, 0.6) is 0 Å². The highest BCUT2D eigenvalue weighted by molar-refractivity contribution is 5.83. The van der Waals surface area contributed by atoms with Crippen molar-refractivity contribution in [3.63, 3.8) is 0 Å². The lowest BCUT2D eigenvalue weighted by Gasteiger charge is -2.44. The number of hydrogen-bond acceptors (Lipinski definition) is 7. The predicted octanol–water partition coefficient (Wildman–Crippen LogP) is 7.72. The quantitative estimate of drug-likeness (QED) is 0.101. The van der Waals surface area contributed by atoms with Crippen molar-refractivity contribution in [2.45, 2.75) is 62.2 Å². The van der Waals surface area contributed by atoms with Crippen molar-refractivity contribution in [2.75, 3.05) is 0 Å². The Morgan fingerprint density at radius 2 is 1.25 bits per heavy atom. The molecule has 0 radical (unpaired) electrons. The minimum absolute atomic E-state index is 0.00504. The lowest BCUT2D eigenvalue weighted by Crippen LogP contribution is -2.54. The van der Waals surface area contributed by atoms with Crippen molar-refractivity contribution >= 4 is 18.0 Å². The highest BCUT2D eigenvalue weighted by Crippen LogP contribution is 2.43. The molecular weight excluding hydrogens is 656 g/mol. The first-order valence-electron chi connectivity index (χ1n) is 17.5. The summed E-state index contributed by atoms with van der Waals surface area (Å²) in [4.78, 5) is 42.2. The number of aliphatic hydroxyl groups is 1. The first kappa shape index (κ1) is 36.0. The topological polar surface area (TPSA) is 125 Å². The molecule has 1 amide bonds. The van der Waals surface area contributed by atoms with Crippen molar-refractivity contribution in [2.24, 2.45) is 0 Å². The van der Waals surface area contributed by atoms with Gasteiger partial charge in [0.05, 0.1) is 12.1 Å². The average Bonchev–Trinajstić information content (AvgIpc) is 3.19. The summed E-state index contributed by atoms with van der Waals surface area (Å²) in [5.74, 6) is -1.70. The normalized spacial score (nSPS) is 18.8. The van der Waals surface area contributed by atoms with E-state index in [1.165, 1.54) is 4.90 Å². The van der Waals surface area contributed by atoms with E-state index >= 15 is 0 Å². The summed E-state index contributed by atoms with van der Waals surface area (Å²) in [6.07, 6.45) is -2.05. The number of rotatable bonds is 14. The second-order valence-corrected chi connectivity index (χ2v) is 12.8. The molecule has 0 aromatic heterocycles. The Kier molecular flexibility index (Phi) is 12.1. The zero-order chi connectivity index (χ0) is 36.3. The summed E-state index contributed by atoms with van der Waals surface area (Å²) in [5.41, 5.74) is 3.65. The van der Waals surface area contributed by atoms with Crippen LogP contribution in [0.4, 0.5) is 4.79 Å². The maximum atomic E-state index is 14.2. The molecule has 5 aromatic rings. The zero-order valence-corrected chi connectivity index (χ0v) is 28.6. The number of cyclic esters (lactones) is 1. The van der Waals surface area contributed by atoms with Crippen LogP contribution in [0.3, 0.4) is 0 Å². The Morgan fingerprint density at radius 1 is 0.731 bits per heavy atom. The second-order valence-electron chi connectivity index (χ2n) is 12.8. The Bertz CT molecular complexity index is 1880. The van der Waals surface area contributed by atoms with Crippen LogP contribution in [0.25, 0.3) is 0 Å². The van der Waals surface area contributed by atoms with E-state index in [0.29, 0.717) is 5.56 Å². The Balaban J connectivity index is 1.26. The summed E-state index contributed by atoms with van der Waals surface area (Å²) in [5, 5.41) is 25.0. The van der Waals surface area contributed by atoms with E-state index in [1.54, 1.807) is 12.1 Å². The molecule has 0 spiro atoms. The van der Waals surface area contributed by atoms with Crippen molar-refractivity contribution in [1.29, 1.82) is 0 Å². The second kappa shape index (κ2) is 17.4. The summed E-state index contributed by atoms with van der Waals surface area (Å²) < 4.78 is 12.0. The van der Waals surface area contributed by atoms with Gasteiger partial charge in [-0.15, -0.1) is 0 Å². The number of carbonyl (C=O) groups is 3. The fourth-order valence-electron chi connectivity index (χ4n) is 6.77. The van der Waals surface area contributed by atoms with Gasteiger partial charge in [-0.05, 0) is 47.1 Å². The summed E-state index contributed by atoms with van der Waals surface area (Å²) in [7, 11) is 0. The van der Waals surface area contributed by atoms with Gasteiger partial charge in [-0.3, -0.25) is 15.0 Å². The molecular formula is C43H42N2O7. The van der Waals surface area contributed by atoms with Gasteiger partial charge in [0, 0.05) is 0 Å². The molecule has 266 valence electrons. The molecule has 9 nitrogen and oxygen atoms in total. The van der Waals surface area contributed by atoms with Crippen molar-refractivity contribution in [3.05, 3.63) is 179 Å². The number of carboxylic acid groups (broad SMARTS) is 1. The fourth-order valence-corrected chi connectivity index (χ4v) is 6.77. The van der Waals surface area contributed by atoms with Crippen molar-refractivity contribution in [1.82, 2.24) is 10.2 Å². The fraction of sp³-hybridized carbons (Fsp3) is 0.233. The lowest BCUT2D eigenvalue weighted by atomic mass is 9.90. The Labute approximate surface area is 303 Å². The van der Waals surface area contributed by atoms with Gasteiger partial charge in [0.1, 0.15) is 24.7 Å². The monoisotopic (exact) mass is 698 g/mol. The average molecular weight is 699 g/mol. The zero-order valence-electron chi connectivity index (χ0n) is 28.6. The van der Waals surface area contributed by atoms with Gasteiger partial charge >= 0.3 is 18.0 Å². The van der Waals surface area contributed by atoms with Gasteiger partial charge < -0.3 is 19.7 Å². The minimum Gasteiger partial charge on any atom is -0.480 e. The standard InChI is InChI=1S/C43H42N2O7/c46-39(33-23-12-4-13-24-33)37(31-19-8-2-9-20-31)44-35(41(47)48)27-16-28-36-42(49)52-40(34-25-14-5-15-26-34)38(32-21-10-3-11-22-32)45(36)43(50)51-29-30-17-6-1-7-18-30/h1-15,17-26,35-40,44,46H,16,27-29H2,(H,47,48)/t35-,36+,37-,38+,39+,40-/m0/s1. The van der Waals surface area contributed by atoms with Crippen LogP contribution in [0, 0.1) is 0 Å². The summed E-state index contributed by atoms with van der Waals surface area (Å²) in [6, 6.07) is 42.7. The summed E-state index contributed by atoms with van der Waals surface area (Å²) >= 11 is 0. The van der Waals surface area contributed by atoms with Crippen molar-refractivity contribution in [3.8, 4) is 0 Å². The molecule has 0 unspecified atom stereocenters. The van der Waals surface area contributed by atoms with Gasteiger partial charge in [0.2, 0.25) is 0 Å². The van der Waals surface area contributed by atoms with E-state index in [-0.39, 0.29) is 25.9 Å². The third-order valence-electron chi connectivity index (χ3n) is 9.39. The number of ether oxygens (including phenoxy) is 2. The molecule has 52 heavy (non-hydrogen) atoms. The predicted molar refractivity (Wildman–Crippen MR) is 196 cm³/mol. The molecule has 1 aliphatic rings. The molecule has 0 saturated carbocycles. The van der Waals surface area contributed by atoms with E-state index in [2.05, 4.69) is 5.32 Å². The molecule has 0 bridgehead atoms. The first-order chi connectivity index (χ1) is 25.4. The van der Waals surface area contributed by atoms with E-state index in [0.717, 1.165) is 22.3 Å². The third kappa shape index (κ3) is 8.74. The molecule has 1 heterocycles. The highest BCUT2D eigenvalue weighted by atomic mass is 16.6. The summed E-state index contributed by atoms with van der Waals surface area (Å²) in [6.45, 7) is 0.00504. The SMILES string of the molecule is O=C(O)[C@H](CCC[C@@H]1C(=O)O[C@@H](c2ccccc2)[C@@H](c2ccccc2)N1C(=O)OCc1ccccc1)N[C@@H](c1ccccc1)[C@H](O)c1ccccc1. The van der Waals surface area contributed by atoms with Crippen LogP contribution in [0.15, 0.2) is 152 Å². The molecule has 9 heteroatoms. The number of aliphatic carboxylic acids is 1. The minimum atomic E-state index is -1.10. The number of carbonyl (C=O) groups excluding carboxylic acids is 2. The van der Waals surface area contributed by atoms with E-state index < -0.39 is 54.4 Å². The van der Waals surface area contributed by atoms with Crippen LogP contribution in [-0.2, 0) is 25.7 Å². The van der Waals surface area contributed by atoms with Crippen LogP contribution < -0.4 is 5.32 Å². The maximum Gasteiger partial charge on any atom is 0.411 e. The smallest absolute Gasteiger partial charge is 0.411 e. The van der Waals surface area contributed by atoms with Gasteiger partial charge in [0.15, 0.2) is 6.10 Å². The molecule has 6 atom stereocenters. The molecule has 1 saturated heterocycles. The van der Waals surface area contributed by atoms with E-state index in [4.69, 9.17) is 9.47 Å². The van der Waals surface area contributed by atoms with E-state index in [9.17, 15) is 24.6 Å². The van der Waals surface area contributed by atoms with Crippen LogP contribution in [0.2, 0.25) is 0 Å². The number of esters is 1. The Hall–Kier alpha value is -5.77. The largest absolute Gasteiger partial charge is 0.480 e. The van der Waals surface area contributed by atoms with Gasteiger partial charge in [-0.25, -0.2) is 9.59 Å². The van der Waals surface area contributed by atoms with Gasteiger partial charge in [-0.1, -0.05) is 152 Å².